The Kier molecular flexibility index (Phi) is 5.99. The molecule has 7 heteroatoms. The Balaban J connectivity index is 3.04. The van der Waals surface area contributed by atoms with Gasteiger partial charge in [0.1, 0.15) is 11.3 Å². The predicted octanol–water partition coefficient (Wildman–Crippen LogP) is 2.36. The Labute approximate surface area is 128 Å². The lowest BCUT2D eigenvalue weighted by molar-refractivity contribution is -0.118. The zero-order valence-electron chi connectivity index (χ0n) is 12.1. The fourth-order valence-corrected chi connectivity index (χ4v) is 1.92. The molecule has 2 atom stereocenters. The molecule has 6 nitrogen and oxygen atoms in total. The zero-order chi connectivity index (χ0) is 16.2. The van der Waals surface area contributed by atoms with Gasteiger partial charge in [-0.2, -0.15) is 0 Å². The summed E-state index contributed by atoms with van der Waals surface area (Å²) in [6.45, 7) is 3.81. The van der Waals surface area contributed by atoms with Crippen LogP contribution in [0.15, 0.2) is 12.1 Å². The van der Waals surface area contributed by atoms with Crippen LogP contribution in [0.5, 0.6) is 5.75 Å². The number of rotatable bonds is 6. The highest BCUT2D eigenvalue weighted by atomic mass is 35.5. The van der Waals surface area contributed by atoms with Crippen LogP contribution in [0.1, 0.15) is 30.6 Å². The fraction of sp³-hybridized carbons (Fsp3) is 0.429. The molecule has 0 aliphatic carbocycles. The largest absolute Gasteiger partial charge is 0.496 e. The maximum atomic E-state index is 12.0. The van der Waals surface area contributed by atoms with Crippen LogP contribution in [-0.4, -0.2) is 30.1 Å². The molecule has 0 aliphatic heterocycles. The Bertz CT molecular complexity index is 548. The van der Waals surface area contributed by atoms with Gasteiger partial charge in [-0.1, -0.05) is 31.9 Å². The average molecular weight is 315 g/mol. The highest BCUT2D eigenvalue weighted by molar-refractivity contribution is 6.34. The first kappa shape index (κ1) is 17.3. The lowest BCUT2D eigenvalue weighted by Crippen LogP contribution is -2.40. The first-order valence-electron chi connectivity index (χ1n) is 6.49. The number of nitrogens with two attached hydrogens (primary N) is 1. The molecular weight excluding hydrogens is 296 g/mol. The summed E-state index contributed by atoms with van der Waals surface area (Å²) >= 11 is 5.99. The third kappa shape index (κ3) is 4.09. The quantitative estimate of drug-likeness (QED) is 0.748. The molecule has 1 aromatic carbocycles. The predicted molar refractivity (Wildman–Crippen MR) is 81.0 cm³/mol. The van der Waals surface area contributed by atoms with Crippen molar-refractivity contribution in [2.24, 2.45) is 11.7 Å². The van der Waals surface area contributed by atoms with Crippen LogP contribution in [0.4, 0.5) is 5.69 Å². The topological polar surface area (TPSA) is 102 Å². The summed E-state index contributed by atoms with van der Waals surface area (Å²) in [7, 11) is 1.34. The van der Waals surface area contributed by atoms with Crippen LogP contribution in [-0.2, 0) is 4.79 Å². The second-order valence-corrected chi connectivity index (χ2v) is 5.15. The number of carboxylic acid groups (broad SMARTS) is 1. The van der Waals surface area contributed by atoms with Crippen LogP contribution < -0.4 is 15.8 Å². The van der Waals surface area contributed by atoms with E-state index in [4.69, 9.17) is 27.2 Å². The highest BCUT2D eigenvalue weighted by Crippen LogP contribution is 2.31. The van der Waals surface area contributed by atoms with Crippen molar-refractivity contribution in [2.75, 3.05) is 12.4 Å². The van der Waals surface area contributed by atoms with Crippen molar-refractivity contribution in [1.82, 2.24) is 0 Å². The molecule has 0 saturated heterocycles. The summed E-state index contributed by atoms with van der Waals surface area (Å²) in [4.78, 5) is 23.1. The van der Waals surface area contributed by atoms with Crippen molar-refractivity contribution in [1.29, 1.82) is 0 Å². The molecule has 1 amide bonds. The van der Waals surface area contributed by atoms with Crippen molar-refractivity contribution in [2.45, 2.75) is 26.3 Å². The van der Waals surface area contributed by atoms with Crippen LogP contribution in [0.25, 0.3) is 0 Å². The van der Waals surface area contributed by atoms with Crippen molar-refractivity contribution in [3.63, 3.8) is 0 Å². The molecule has 0 aromatic heterocycles. The van der Waals surface area contributed by atoms with Gasteiger partial charge in [0.2, 0.25) is 5.91 Å². The number of aromatic carboxylic acids is 1. The second-order valence-electron chi connectivity index (χ2n) is 4.74. The lowest BCUT2D eigenvalue weighted by atomic mass is 9.99. The molecule has 21 heavy (non-hydrogen) atoms. The molecule has 116 valence electrons. The number of carboxylic acids is 1. The fourth-order valence-electron chi connectivity index (χ4n) is 1.71. The van der Waals surface area contributed by atoms with E-state index < -0.39 is 12.0 Å². The number of carbonyl (C=O) groups is 2. The maximum Gasteiger partial charge on any atom is 0.339 e. The number of amides is 1. The van der Waals surface area contributed by atoms with Gasteiger partial charge in [-0.25, -0.2) is 4.79 Å². The number of benzene rings is 1. The zero-order valence-corrected chi connectivity index (χ0v) is 12.9. The second kappa shape index (κ2) is 7.28. The third-order valence-electron chi connectivity index (χ3n) is 3.34. The van der Waals surface area contributed by atoms with Gasteiger partial charge in [-0.05, 0) is 12.0 Å². The number of nitrogens with one attached hydrogen (secondary N) is 1. The number of hydrogen-bond acceptors (Lipinski definition) is 4. The SMILES string of the molecule is CCC(C)[C@H](N)C(=O)Nc1cc(OC)c(C(=O)O)cc1Cl. The van der Waals surface area contributed by atoms with Gasteiger partial charge >= 0.3 is 5.97 Å². The van der Waals surface area contributed by atoms with Crippen molar-refractivity contribution < 1.29 is 19.4 Å². The van der Waals surface area contributed by atoms with Gasteiger partial charge in [0.25, 0.3) is 0 Å². The van der Waals surface area contributed by atoms with E-state index in [9.17, 15) is 9.59 Å². The molecule has 4 N–H and O–H groups in total. The van der Waals surface area contributed by atoms with Gasteiger partial charge in [0, 0.05) is 6.07 Å². The Morgan fingerprint density at radius 1 is 1.48 bits per heavy atom. The number of hydrogen-bond donors (Lipinski definition) is 3. The molecule has 0 radical (unpaired) electrons. The maximum absolute atomic E-state index is 12.0. The first-order valence-corrected chi connectivity index (χ1v) is 6.86. The van der Waals surface area contributed by atoms with Gasteiger partial charge in [-0.15, -0.1) is 0 Å². The van der Waals surface area contributed by atoms with Gasteiger partial charge in [-0.3, -0.25) is 4.79 Å². The molecule has 0 aliphatic rings. The number of halogens is 1. The Hall–Kier alpha value is -1.79. The van der Waals surface area contributed by atoms with Crippen LogP contribution in [0.2, 0.25) is 5.02 Å². The smallest absolute Gasteiger partial charge is 0.339 e. The van der Waals surface area contributed by atoms with Crippen molar-refractivity contribution in [3.8, 4) is 5.75 Å². The van der Waals surface area contributed by atoms with Crippen molar-refractivity contribution >= 4 is 29.2 Å². The van der Waals surface area contributed by atoms with E-state index in [1.54, 1.807) is 0 Å². The standard InChI is InChI=1S/C14H19ClN2O4/c1-4-7(2)12(16)13(18)17-10-6-11(21-3)8(14(19)20)5-9(10)15/h5-7,12H,4,16H2,1-3H3,(H,17,18)(H,19,20)/t7?,12-/m0/s1. The molecule has 0 fully saturated rings. The first-order chi connectivity index (χ1) is 9.81. The van der Waals surface area contributed by atoms with E-state index in [0.717, 1.165) is 6.42 Å². The molecular formula is C14H19ClN2O4. The number of anilines is 1. The molecule has 0 bridgehead atoms. The number of carbonyl (C=O) groups excluding carboxylic acids is 1. The summed E-state index contributed by atoms with van der Waals surface area (Å²) in [6, 6.07) is 1.93. The van der Waals surface area contributed by atoms with E-state index in [-0.39, 0.29) is 33.8 Å². The molecule has 0 spiro atoms. The normalized spacial score (nSPS) is 13.4. The van der Waals surface area contributed by atoms with Crippen LogP contribution in [0.3, 0.4) is 0 Å². The molecule has 1 rings (SSSR count). The van der Waals surface area contributed by atoms with E-state index >= 15 is 0 Å². The van der Waals surface area contributed by atoms with Crippen LogP contribution >= 0.6 is 11.6 Å². The minimum absolute atomic E-state index is 0.0176. The monoisotopic (exact) mass is 314 g/mol. The summed E-state index contributed by atoms with van der Waals surface area (Å²) < 4.78 is 4.99. The average Bonchev–Trinajstić information content (AvgIpc) is 2.46. The van der Waals surface area contributed by atoms with Gasteiger partial charge < -0.3 is 20.9 Å². The summed E-state index contributed by atoms with van der Waals surface area (Å²) in [5.74, 6) is -1.41. The Morgan fingerprint density at radius 3 is 2.57 bits per heavy atom. The van der Waals surface area contributed by atoms with E-state index in [2.05, 4.69) is 5.32 Å². The van der Waals surface area contributed by atoms with Crippen molar-refractivity contribution in [3.05, 3.63) is 22.7 Å². The minimum Gasteiger partial charge on any atom is -0.496 e. The van der Waals surface area contributed by atoms with Gasteiger partial charge in [0.15, 0.2) is 0 Å². The van der Waals surface area contributed by atoms with Gasteiger partial charge in [0.05, 0.1) is 23.9 Å². The third-order valence-corrected chi connectivity index (χ3v) is 3.65. The van der Waals surface area contributed by atoms with E-state index in [1.807, 2.05) is 13.8 Å². The molecule has 1 aromatic rings. The molecule has 0 saturated carbocycles. The Morgan fingerprint density at radius 2 is 2.10 bits per heavy atom. The van der Waals surface area contributed by atoms with Crippen LogP contribution in [0, 0.1) is 5.92 Å². The van der Waals surface area contributed by atoms with E-state index in [0.29, 0.717) is 0 Å². The summed E-state index contributed by atoms with van der Waals surface area (Å²) in [5, 5.41) is 11.7. The number of methoxy groups -OCH3 is 1. The lowest BCUT2D eigenvalue weighted by Gasteiger charge is -2.18. The molecule has 0 heterocycles. The van der Waals surface area contributed by atoms with E-state index in [1.165, 1.54) is 19.2 Å². The summed E-state index contributed by atoms with van der Waals surface area (Å²) in [6.07, 6.45) is 0.767. The molecule has 1 unspecified atom stereocenters. The number of ether oxygens (including phenoxy) is 1. The highest BCUT2D eigenvalue weighted by Gasteiger charge is 2.22. The minimum atomic E-state index is -1.16. The summed E-state index contributed by atoms with van der Waals surface area (Å²) in [5.41, 5.74) is 6.03.